The normalized spacial score (nSPS) is 18.2. The van der Waals surface area contributed by atoms with Crippen molar-refractivity contribution in [2.75, 3.05) is 31.6 Å². The van der Waals surface area contributed by atoms with E-state index < -0.39 is 45.8 Å². The van der Waals surface area contributed by atoms with Gasteiger partial charge in [0, 0.05) is 52.9 Å². The highest BCUT2D eigenvalue weighted by Gasteiger charge is 2.44. The molecule has 0 saturated carbocycles. The van der Waals surface area contributed by atoms with Gasteiger partial charge in [-0.15, -0.1) is 0 Å². The van der Waals surface area contributed by atoms with E-state index in [0.717, 1.165) is 96.9 Å². The van der Waals surface area contributed by atoms with Crippen molar-refractivity contribution in [2.24, 2.45) is 0 Å². The van der Waals surface area contributed by atoms with Gasteiger partial charge in [-0.2, -0.15) is 0 Å². The Balaban J connectivity index is 1.79. The molecule has 7 rings (SSSR count). The summed E-state index contributed by atoms with van der Waals surface area (Å²) in [5.74, 6) is -9.53. The van der Waals surface area contributed by atoms with Crippen molar-refractivity contribution in [3.8, 4) is 0 Å². The summed E-state index contributed by atoms with van der Waals surface area (Å²) in [6.45, 7) is 9.12. The van der Waals surface area contributed by atoms with E-state index in [4.69, 9.17) is 0 Å². The number of rotatable bonds is 3. The number of benzene rings is 3. The second-order valence-corrected chi connectivity index (χ2v) is 13.0. The van der Waals surface area contributed by atoms with Crippen molar-refractivity contribution in [3.05, 3.63) is 96.0 Å². The van der Waals surface area contributed by atoms with Crippen molar-refractivity contribution < 1.29 is 27.5 Å². The first kappa shape index (κ1) is 28.1. The number of anilines is 1. The Morgan fingerprint density at radius 3 is 2.30 bits per heavy atom. The second-order valence-electron chi connectivity index (χ2n) is 13.0. The SMILES string of the molecule is CCc1cc2c(c3c1=[N+](C)CCC3)C(C)(C)c1c(cc3c4c1CCCN4CCC3)C=2c1c(F)c(F)c(F)c(F)c1C(=O)O. The van der Waals surface area contributed by atoms with Crippen LogP contribution in [0, 0.1) is 23.3 Å². The Morgan fingerprint density at radius 1 is 0.930 bits per heavy atom. The summed E-state index contributed by atoms with van der Waals surface area (Å²) >= 11 is 0. The molecule has 0 saturated heterocycles. The summed E-state index contributed by atoms with van der Waals surface area (Å²) in [4.78, 5) is 14.9. The van der Waals surface area contributed by atoms with Crippen molar-refractivity contribution >= 4 is 17.2 Å². The Bertz CT molecular complexity index is 1910. The molecule has 4 nitrogen and oxygen atoms in total. The number of carbonyl (C=O) groups is 1. The van der Waals surface area contributed by atoms with Gasteiger partial charge in [-0.1, -0.05) is 20.8 Å². The van der Waals surface area contributed by atoms with Crippen LogP contribution in [-0.2, 0) is 31.1 Å². The maximum atomic E-state index is 16.1. The number of aryl methyl sites for hydroxylation is 2. The lowest BCUT2D eigenvalue weighted by molar-refractivity contribution is 0.0689. The molecule has 43 heavy (non-hydrogen) atoms. The number of carboxylic acid groups (broad SMARTS) is 1. The molecule has 0 bridgehead atoms. The van der Waals surface area contributed by atoms with Crippen molar-refractivity contribution in [1.82, 2.24) is 4.58 Å². The van der Waals surface area contributed by atoms with Crippen molar-refractivity contribution in [3.63, 3.8) is 0 Å². The third-order valence-corrected chi connectivity index (χ3v) is 10.2. The first-order chi connectivity index (χ1) is 20.5. The van der Waals surface area contributed by atoms with Crippen molar-refractivity contribution in [2.45, 2.75) is 71.1 Å². The standard InChI is InChI=1S/C35H34F4N2O2/c1-5-17-15-21-23(24-25(34(42)43)29(37)31(39)30(38)28(24)36)22-16-18-9-6-13-41-14-8-11-20(33(18)41)27(22)35(2,3)26(21)19-10-7-12-40(4)32(17)19/h15-16H,5-14H2,1-4H3/p+1. The fourth-order valence-corrected chi connectivity index (χ4v) is 8.67. The van der Waals surface area contributed by atoms with Crippen LogP contribution in [0.2, 0.25) is 0 Å². The summed E-state index contributed by atoms with van der Waals surface area (Å²) in [6.07, 6.45) is 5.80. The second kappa shape index (κ2) is 9.66. The van der Waals surface area contributed by atoms with E-state index >= 15 is 13.2 Å². The molecule has 0 radical (unpaired) electrons. The van der Waals surface area contributed by atoms with Crippen molar-refractivity contribution in [1.29, 1.82) is 0 Å². The van der Waals surface area contributed by atoms with E-state index in [0.29, 0.717) is 17.2 Å². The highest BCUT2D eigenvalue weighted by atomic mass is 19.2. The van der Waals surface area contributed by atoms with Gasteiger partial charge in [0.05, 0.1) is 0 Å². The van der Waals surface area contributed by atoms with Gasteiger partial charge in [0.1, 0.15) is 19.2 Å². The van der Waals surface area contributed by atoms with Crippen LogP contribution in [0.3, 0.4) is 0 Å². The van der Waals surface area contributed by atoms with E-state index in [1.54, 1.807) is 0 Å². The Labute approximate surface area is 248 Å². The van der Waals surface area contributed by atoms with E-state index in [1.807, 2.05) is 19.1 Å². The van der Waals surface area contributed by atoms with Gasteiger partial charge >= 0.3 is 5.97 Å². The van der Waals surface area contributed by atoms with Gasteiger partial charge in [-0.3, -0.25) is 0 Å². The molecule has 1 N–H and O–H groups in total. The van der Waals surface area contributed by atoms with Crippen LogP contribution in [0.4, 0.5) is 23.2 Å². The number of carboxylic acids is 1. The molecular weight excluding hydrogens is 556 g/mol. The van der Waals surface area contributed by atoms with Gasteiger partial charge in [0.15, 0.2) is 23.3 Å². The Hall–Kier alpha value is -3.68. The molecule has 1 aliphatic carbocycles. The van der Waals surface area contributed by atoms with Crippen LogP contribution in [-0.4, -0.2) is 37.8 Å². The number of nitrogens with zero attached hydrogens (tertiary/aromatic N) is 2. The number of aromatic carboxylic acids is 1. The zero-order valence-corrected chi connectivity index (χ0v) is 25.0. The fraction of sp³-hybridized carbons (Fsp3) is 0.429. The van der Waals surface area contributed by atoms with Crippen LogP contribution in [0.5, 0.6) is 0 Å². The fourth-order valence-electron chi connectivity index (χ4n) is 8.67. The average Bonchev–Trinajstić information content (AvgIpc) is 2.97. The van der Waals surface area contributed by atoms with Crippen LogP contribution in [0.1, 0.15) is 94.9 Å². The predicted molar refractivity (Wildman–Crippen MR) is 158 cm³/mol. The molecule has 3 aliphatic heterocycles. The molecule has 0 unspecified atom stereocenters. The largest absolute Gasteiger partial charge is 0.478 e. The predicted octanol–water partition coefficient (Wildman–Crippen LogP) is 5.16. The molecule has 3 aromatic carbocycles. The average molecular weight is 592 g/mol. The van der Waals surface area contributed by atoms with Crippen LogP contribution in [0.25, 0.3) is 5.57 Å². The quantitative estimate of drug-likeness (QED) is 0.198. The number of fused-ring (bicyclic) bond motifs is 5. The zero-order chi connectivity index (χ0) is 30.5. The van der Waals surface area contributed by atoms with E-state index in [-0.39, 0.29) is 5.57 Å². The number of halogens is 4. The highest BCUT2D eigenvalue weighted by molar-refractivity contribution is 5.99. The van der Waals surface area contributed by atoms with Crippen LogP contribution in [0.15, 0.2) is 12.1 Å². The Kier molecular flexibility index (Phi) is 6.32. The summed E-state index contributed by atoms with van der Waals surface area (Å²) in [5, 5.41) is 11.8. The molecule has 224 valence electrons. The molecule has 3 heterocycles. The topological polar surface area (TPSA) is 43.5 Å². The van der Waals surface area contributed by atoms with E-state index in [9.17, 15) is 14.3 Å². The molecule has 3 aromatic rings. The molecular formula is C35H35F4N2O2+. The lowest BCUT2D eigenvalue weighted by atomic mass is 9.63. The van der Waals surface area contributed by atoms with Gasteiger partial charge in [-0.05, 0) is 83.7 Å². The Morgan fingerprint density at radius 2 is 1.60 bits per heavy atom. The highest BCUT2D eigenvalue weighted by Crippen LogP contribution is 2.50. The maximum absolute atomic E-state index is 16.1. The van der Waals surface area contributed by atoms with Gasteiger partial charge < -0.3 is 10.0 Å². The molecule has 0 aromatic heterocycles. The molecule has 0 atom stereocenters. The van der Waals surface area contributed by atoms with Gasteiger partial charge in [-0.25, -0.2) is 26.9 Å². The number of hydrogen-bond acceptors (Lipinski definition) is 2. The number of hydrogen-bond donors (Lipinski definition) is 1. The first-order valence-corrected chi connectivity index (χ1v) is 15.3. The summed E-state index contributed by atoms with van der Waals surface area (Å²) in [5.41, 5.74) is 5.65. The summed E-state index contributed by atoms with van der Waals surface area (Å²) in [7, 11) is 2.06. The smallest absolute Gasteiger partial charge is 0.339 e. The van der Waals surface area contributed by atoms with Gasteiger partial charge in [0.2, 0.25) is 5.36 Å². The minimum Gasteiger partial charge on any atom is -0.478 e. The molecule has 8 heteroatoms. The third-order valence-electron chi connectivity index (χ3n) is 10.2. The maximum Gasteiger partial charge on any atom is 0.339 e. The minimum atomic E-state index is -2.12. The first-order valence-electron chi connectivity index (χ1n) is 15.3. The molecule has 0 amide bonds. The van der Waals surface area contributed by atoms with Crippen LogP contribution >= 0.6 is 0 Å². The lowest BCUT2D eigenvalue weighted by Crippen LogP contribution is -2.46. The lowest BCUT2D eigenvalue weighted by Gasteiger charge is -2.44. The molecule has 0 fully saturated rings. The van der Waals surface area contributed by atoms with E-state index in [2.05, 4.69) is 30.4 Å². The van der Waals surface area contributed by atoms with E-state index in [1.165, 1.54) is 5.69 Å². The minimum absolute atomic E-state index is 0.143. The molecule has 0 spiro atoms. The summed E-state index contributed by atoms with van der Waals surface area (Å²) < 4.78 is 63.4. The van der Waals surface area contributed by atoms with Crippen LogP contribution < -0.4 is 20.1 Å². The zero-order valence-electron chi connectivity index (χ0n) is 25.0. The molecule has 4 aliphatic rings. The monoisotopic (exact) mass is 591 g/mol. The van der Waals surface area contributed by atoms with Gasteiger partial charge in [0.25, 0.3) is 0 Å². The third kappa shape index (κ3) is 3.74. The summed E-state index contributed by atoms with van der Waals surface area (Å²) in [6, 6.07) is 3.95.